The van der Waals surface area contributed by atoms with Gasteiger partial charge in [0.25, 0.3) is 5.91 Å². The second-order valence-electron chi connectivity index (χ2n) is 8.01. The Balaban J connectivity index is 1.18. The van der Waals surface area contributed by atoms with Gasteiger partial charge in [-0.2, -0.15) is 0 Å². The predicted molar refractivity (Wildman–Crippen MR) is 115 cm³/mol. The van der Waals surface area contributed by atoms with Gasteiger partial charge in [-0.05, 0) is 72.2 Å². The highest BCUT2D eigenvalue weighted by Crippen LogP contribution is 2.53. The lowest BCUT2D eigenvalue weighted by Crippen LogP contribution is -2.32. The third kappa shape index (κ3) is 4.74. The molecule has 1 saturated carbocycles. The van der Waals surface area contributed by atoms with E-state index in [1.807, 2.05) is 4.90 Å². The van der Waals surface area contributed by atoms with Crippen molar-refractivity contribution < 1.29 is 19.5 Å². The van der Waals surface area contributed by atoms with Crippen molar-refractivity contribution in [3.8, 4) is 0 Å². The van der Waals surface area contributed by atoms with Crippen LogP contribution in [-0.4, -0.2) is 52.4 Å². The Hall–Kier alpha value is -3.68. The summed E-state index contributed by atoms with van der Waals surface area (Å²) >= 11 is 0. The molecule has 1 aliphatic carbocycles. The molecule has 1 aliphatic heterocycles. The molecule has 1 aromatic heterocycles. The summed E-state index contributed by atoms with van der Waals surface area (Å²) in [6.45, 7) is 2.03. The van der Waals surface area contributed by atoms with Crippen molar-refractivity contribution >= 4 is 29.7 Å². The number of fused-ring (bicyclic) bond motifs is 1. The zero-order valence-electron chi connectivity index (χ0n) is 16.9. The molecule has 2 amide bonds. The molecule has 160 valence electrons. The SMILES string of the molecule is Nc1ccc(/C=C/C(=O)NCCC2C3CN(C(=O)c4ccc(C(=O)O)cc4)CC23)cn1. The zero-order chi connectivity index (χ0) is 22.0. The molecular weight excluding hydrogens is 396 g/mol. The molecule has 0 spiro atoms. The first-order chi connectivity index (χ1) is 14.9. The first-order valence-corrected chi connectivity index (χ1v) is 10.2. The fourth-order valence-corrected chi connectivity index (χ4v) is 4.29. The van der Waals surface area contributed by atoms with E-state index >= 15 is 0 Å². The van der Waals surface area contributed by atoms with Gasteiger partial charge in [-0.25, -0.2) is 9.78 Å². The molecule has 0 radical (unpaired) electrons. The number of nitrogens with zero attached hydrogens (tertiary/aromatic N) is 2. The Labute approximate surface area is 179 Å². The average Bonchev–Trinajstić information content (AvgIpc) is 3.21. The van der Waals surface area contributed by atoms with E-state index < -0.39 is 5.97 Å². The van der Waals surface area contributed by atoms with Crippen LogP contribution in [-0.2, 0) is 4.79 Å². The quantitative estimate of drug-likeness (QED) is 0.588. The standard InChI is InChI=1S/C23H24N4O4/c24-20-7-1-14(11-26-20)2-8-21(28)25-10-9-17-18-12-27(13-19(17)18)22(29)15-3-5-16(6-4-15)23(30)31/h1-8,11,17-19H,9-10,12-13H2,(H2,24,26)(H,25,28)(H,30,31)/b8-2+. The van der Waals surface area contributed by atoms with Crippen LogP contribution in [0.15, 0.2) is 48.7 Å². The molecule has 2 aromatic rings. The van der Waals surface area contributed by atoms with Gasteiger partial charge >= 0.3 is 5.97 Å². The van der Waals surface area contributed by atoms with Gasteiger partial charge < -0.3 is 21.1 Å². The van der Waals surface area contributed by atoms with E-state index in [0.717, 1.165) is 12.0 Å². The fourth-order valence-electron chi connectivity index (χ4n) is 4.29. The van der Waals surface area contributed by atoms with Crippen LogP contribution in [0.2, 0.25) is 0 Å². The second-order valence-corrected chi connectivity index (χ2v) is 8.01. The smallest absolute Gasteiger partial charge is 0.335 e. The number of carboxylic acids is 1. The van der Waals surface area contributed by atoms with Crippen molar-refractivity contribution in [2.45, 2.75) is 6.42 Å². The van der Waals surface area contributed by atoms with Crippen LogP contribution in [0, 0.1) is 17.8 Å². The largest absolute Gasteiger partial charge is 0.478 e. The molecule has 0 bridgehead atoms. The van der Waals surface area contributed by atoms with Crippen LogP contribution in [0.3, 0.4) is 0 Å². The number of hydrogen-bond donors (Lipinski definition) is 3. The van der Waals surface area contributed by atoms with Crippen LogP contribution in [0.5, 0.6) is 0 Å². The summed E-state index contributed by atoms with van der Waals surface area (Å²) in [5.41, 5.74) is 7.03. The van der Waals surface area contributed by atoms with Crippen LogP contribution in [0.25, 0.3) is 6.08 Å². The number of aromatic nitrogens is 1. The first-order valence-electron chi connectivity index (χ1n) is 10.2. The molecule has 8 nitrogen and oxygen atoms in total. The number of rotatable bonds is 7. The van der Waals surface area contributed by atoms with Crippen molar-refractivity contribution in [2.75, 3.05) is 25.4 Å². The summed E-state index contributed by atoms with van der Waals surface area (Å²) in [5.74, 6) is 0.722. The maximum absolute atomic E-state index is 12.6. The molecule has 2 fully saturated rings. The van der Waals surface area contributed by atoms with Crippen molar-refractivity contribution in [2.24, 2.45) is 17.8 Å². The highest BCUT2D eigenvalue weighted by atomic mass is 16.4. The first kappa shape index (κ1) is 20.6. The summed E-state index contributed by atoms with van der Waals surface area (Å²) in [7, 11) is 0. The van der Waals surface area contributed by atoms with Crippen LogP contribution < -0.4 is 11.1 Å². The second kappa shape index (κ2) is 8.59. The number of nitrogens with two attached hydrogens (primary N) is 1. The third-order valence-electron chi connectivity index (χ3n) is 6.05. The molecular formula is C23H24N4O4. The summed E-state index contributed by atoms with van der Waals surface area (Å²) in [4.78, 5) is 41.3. The van der Waals surface area contributed by atoms with E-state index in [1.54, 1.807) is 36.5 Å². The monoisotopic (exact) mass is 420 g/mol. The molecule has 4 N–H and O–H groups in total. The minimum atomic E-state index is -1.01. The van der Waals surface area contributed by atoms with Gasteiger partial charge in [-0.3, -0.25) is 9.59 Å². The molecule has 2 aliphatic rings. The molecule has 2 heterocycles. The average molecular weight is 420 g/mol. The van der Waals surface area contributed by atoms with Gasteiger partial charge in [0.1, 0.15) is 5.82 Å². The Bertz CT molecular complexity index is 1000. The lowest BCUT2D eigenvalue weighted by molar-refractivity contribution is -0.116. The number of amides is 2. The fraction of sp³-hybridized carbons (Fsp3) is 0.304. The third-order valence-corrected chi connectivity index (χ3v) is 6.05. The number of carbonyl (C=O) groups excluding carboxylic acids is 2. The summed E-state index contributed by atoms with van der Waals surface area (Å²) in [5, 5.41) is 11.9. The molecule has 2 atom stereocenters. The van der Waals surface area contributed by atoms with Crippen LogP contribution in [0.1, 0.15) is 32.7 Å². The normalized spacial score (nSPS) is 21.7. The maximum atomic E-state index is 12.6. The molecule has 4 rings (SSSR count). The number of nitrogens with one attached hydrogen (secondary N) is 1. The van der Waals surface area contributed by atoms with E-state index in [-0.39, 0.29) is 17.4 Å². The predicted octanol–water partition coefficient (Wildman–Crippen LogP) is 1.90. The van der Waals surface area contributed by atoms with Gasteiger partial charge in [0, 0.05) is 37.5 Å². The maximum Gasteiger partial charge on any atom is 0.335 e. The van der Waals surface area contributed by atoms with Gasteiger partial charge in [0.05, 0.1) is 5.56 Å². The molecule has 2 unspecified atom stereocenters. The van der Waals surface area contributed by atoms with E-state index in [1.165, 1.54) is 18.2 Å². The van der Waals surface area contributed by atoms with E-state index in [4.69, 9.17) is 10.8 Å². The number of carbonyl (C=O) groups is 3. The Morgan fingerprint density at radius 1 is 1.10 bits per heavy atom. The lowest BCUT2D eigenvalue weighted by Gasteiger charge is -2.20. The molecule has 8 heteroatoms. The summed E-state index contributed by atoms with van der Waals surface area (Å²) < 4.78 is 0. The zero-order valence-corrected chi connectivity index (χ0v) is 16.9. The Morgan fingerprint density at radius 3 is 2.39 bits per heavy atom. The van der Waals surface area contributed by atoms with Crippen molar-refractivity contribution in [1.82, 2.24) is 15.2 Å². The number of anilines is 1. The topological polar surface area (TPSA) is 126 Å². The number of pyridine rings is 1. The molecule has 31 heavy (non-hydrogen) atoms. The number of nitrogen functional groups attached to an aromatic ring is 1. The summed E-state index contributed by atoms with van der Waals surface area (Å²) in [6.07, 6.45) is 5.68. The highest BCUT2D eigenvalue weighted by molar-refractivity contribution is 5.96. The molecule has 1 saturated heterocycles. The Kier molecular flexibility index (Phi) is 5.70. The Morgan fingerprint density at radius 2 is 1.77 bits per heavy atom. The lowest BCUT2D eigenvalue weighted by atomic mass is 10.1. The van der Waals surface area contributed by atoms with Crippen molar-refractivity contribution in [3.05, 3.63) is 65.4 Å². The van der Waals surface area contributed by atoms with Gasteiger partial charge in [-0.1, -0.05) is 0 Å². The highest BCUT2D eigenvalue weighted by Gasteiger charge is 2.55. The summed E-state index contributed by atoms with van der Waals surface area (Å²) in [6, 6.07) is 9.52. The van der Waals surface area contributed by atoms with Crippen molar-refractivity contribution in [3.63, 3.8) is 0 Å². The minimum Gasteiger partial charge on any atom is -0.478 e. The number of carboxylic acid groups (broad SMARTS) is 1. The molecule has 1 aromatic carbocycles. The van der Waals surface area contributed by atoms with E-state index in [0.29, 0.717) is 48.8 Å². The van der Waals surface area contributed by atoms with Crippen molar-refractivity contribution in [1.29, 1.82) is 0 Å². The van der Waals surface area contributed by atoms with Gasteiger partial charge in [0.2, 0.25) is 5.91 Å². The number of hydrogen-bond acceptors (Lipinski definition) is 5. The number of likely N-dealkylation sites (tertiary alicyclic amines) is 1. The number of benzene rings is 1. The van der Waals surface area contributed by atoms with Gasteiger partial charge in [-0.15, -0.1) is 0 Å². The van der Waals surface area contributed by atoms with Crippen LogP contribution in [0.4, 0.5) is 5.82 Å². The van der Waals surface area contributed by atoms with E-state index in [2.05, 4.69) is 10.3 Å². The van der Waals surface area contributed by atoms with Crippen LogP contribution >= 0.6 is 0 Å². The minimum absolute atomic E-state index is 0.0570. The van der Waals surface area contributed by atoms with E-state index in [9.17, 15) is 14.4 Å². The number of aromatic carboxylic acids is 1. The number of piperidine rings is 1. The van der Waals surface area contributed by atoms with Gasteiger partial charge in [0.15, 0.2) is 0 Å².